The van der Waals surface area contributed by atoms with Gasteiger partial charge in [0.2, 0.25) is 0 Å². The third kappa shape index (κ3) is 4.53. The van der Waals surface area contributed by atoms with Gasteiger partial charge in [-0.05, 0) is 135 Å². The second-order valence-corrected chi connectivity index (χ2v) is 16.4. The Bertz CT molecular complexity index is 3180. The van der Waals surface area contributed by atoms with Gasteiger partial charge >= 0.3 is 0 Å². The first-order chi connectivity index (χ1) is 28.2. The predicted octanol–water partition coefficient (Wildman–Crippen LogP) is 14.6. The number of hydrogen-bond acceptors (Lipinski definition) is 2. The zero-order chi connectivity index (χ0) is 37.7. The molecule has 1 aliphatic carbocycles. The second-order valence-electron chi connectivity index (χ2n) is 15.3. The molecule has 12 rings (SSSR count). The molecule has 2 N–H and O–H groups in total. The minimum Gasteiger partial charge on any atom is -0.399 e. The van der Waals surface area contributed by atoms with Crippen molar-refractivity contribution >= 4 is 49.8 Å². The molecule has 2 heteroatoms. The van der Waals surface area contributed by atoms with E-state index >= 15 is 0 Å². The van der Waals surface area contributed by atoms with Crippen molar-refractivity contribution in [2.45, 2.75) is 15.2 Å². The van der Waals surface area contributed by atoms with Gasteiger partial charge in [-0.3, -0.25) is 0 Å². The first-order valence-corrected chi connectivity index (χ1v) is 20.4. The van der Waals surface area contributed by atoms with E-state index in [0.717, 1.165) is 5.69 Å². The summed E-state index contributed by atoms with van der Waals surface area (Å²) in [6.07, 6.45) is 0. The average molecular weight is 742 g/mol. The molecule has 0 radical (unpaired) electrons. The van der Waals surface area contributed by atoms with E-state index in [9.17, 15) is 0 Å². The van der Waals surface area contributed by atoms with Crippen molar-refractivity contribution in [3.63, 3.8) is 0 Å². The molecule has 1 spiro atoms. The Labute approximate surface area is 336 Å². The topological polar surface area (TPSA) is 26.0 Å². The SMILES string of the molecule is Nc1ccc2c(c1)-c1c(-c3c4ccccc4c(-c4cc(-c5ccccc5)cc5ccccc45)c4ccccc34)cccc1C21c2ccccc2Sc2ccccc21. The van der Waals surface area contributed by atoms with Gasteiger partial charge in [0.15, 0.2) is 0 Å². The summed E-state index contributed by atoms with van der Waals surface area (Å²) in [6.45, 7) is 0. The largest absolute Gasteiger partial charge is 0.399 e. The summed E-state index contributed by atoms with van der Waals surface area (Å²) >= 11 is 1.88. The minimum absolute atomic E-state index is 0.491. The number of nitrogens with two attached hydrogens (primary N) is 1. The summed E-state index contributed by atoms with van der Waals surface area (Å²) in [5.74, 6) is 0. The van der Waals surface area contributed by atoms with Gasteiger partial charge in [0.25, 0.3) is 0 Å². The van der Waals surface area contributed by atoms with Crippen LogP contribution in [0.25, 0.3) is 76.8 Å². The van der Waals surface area contributed by atoms with Crippen molar-refractivity contribution in [3.05, 3.63) is 222 Å². The Morgan fingerprint density at radius 1 is 0.333 bits per heavy atom. The van der Waals surface area contributed by atoms with Crippen LogP contribution in [0, 0.1) is 0 Å². The van der Waals surface area contributed by atoms with Crippen molar-refractivity contribution in [1.82, 2.24) is 0 Å². The number of nitrogen functional groups attached to an aromatic ring is 1. The lowest BCUT2D eigenvalue weighted by molar-refractivity contribution is 0.722. The number of anilines is 1. The van der Waals surface area contributed by atoms with Crippen molar-refractivity contribution < 1.29 is 0 Å². The fraction of sp³-hybridized carbons (Fsp3) is 0.0182. The average Bonchev–Trinajstić information content (AvgIpc) is 3.55. The standard InChI is InChI=1S/C55H35NS/c56-37-29-30-46-45(33-37)54-43(23-14-26-49(54)55(46)47-24-10-12-27-50(47)57-51-28-13-11-25-48(51)55)52-39-19-6-8-21-41(39)53(42-22-9-7-20-40(42)52)44-32-36(34-15-2-1-3-16-34)31-35-17-4-5-18-38(35)44/h1-33H,56H2. The van der Waals surface area contributed by atoms with Gasteiger partial charge in [-0.15, -0.1) is 0 Å². The van der Waals surface area contributed by atoms with Crippen molar-refractivity contribution in [2.24, 2.45) is 0 Å². The maximum absolute atomic E-state index is 6.74. The lowest BCUT2D eigenvalue weighted by atomic mass is 9.67. The Balaban J connectivity index is 1.21. The molecule has 266 valence electrons. The lowest BCUT2D eigenvalue weighted by Crippen LogP contribution is -2.31. The molecule has 2 aliphatic rings. The van der Waals surface area contributed by atoms with E-state index < -0.39 is 5.41 Å². The number of benzene rings is 10. The molecule has 1 nitrogen and oxygen atoms in total. The van der Waals surface area contributed by atoms with Gasteiger partial charge in [0.05, 0.1) is 5.41 Å². The molecule has 57 heavy (non-hydrogen) atoms. The Hall–Kier alpha value is -6.87. The number of fused-ring (bicyclic) bond motifs is 12. The summed E-state index contributed by atoms with van der Waals surface area (Å²) in [4.78, 5) is 2.59. The summed E-state index contributed by atoms with van der Waals surface area (Å²) in [5.41, 5.74) is 22.1. The molecule has 0 bridgehead atoms. The third-order valence-electron chi connectivity index (χ3n) is 12.4. The maximum Gasteiger partial charge on any atom is 0.0735 e. The van der Waals surface area contributed by atoms with Crippen LogP contribution in [0.2, 0.25) is 0 Å². The Morgan fingerprint density at radius 3 is 1.54 bits per heavy atom. The van der Waals surface area contributed by atoms with Crippen LogP contribution in [0.1, 0.15) is 22.3 Å². The summed E-state index contributed by atoms with van der Waals surface area (Å²) in [6, 6.07) is 74.0. The van der Waals surface area contributed by atoms with Crippen molar-refractivity contribution in [1.29, 1.82) is 0 Å². The smallest absolute Gasteiger partial charge is 0.0735 e. The van der Waals surface area contributed by atoms with Crippen LogP contribution >= 0.6 is 11.8 Å². The summed E-state index contributed by atoms with van der Waals surface area (Å²) in [7, 11) is 0. The minimum atomic E-state index is -0.491. The molecule has 0 saturated heterocycles. The molecule has 10 aromatic carbocycles. The number of hydrogen-bond donors (Lipinski definition) is 1. The van der Waals surface area contributed by atoms with Gasteiger partial charge in [0.1, 0.15) is 0 Å². The normalized spacial score (nSPS) is 13.4. The van der Waals surface area contributed by atoms with Crippen LogP contribution in [0.5, 0.6) is 0 Å². The molecule has 0 atom stereocenters. The highest BCUT2D eigenvalue weighted by Crippen LogP contribution is 2.64. The van der Waals surface area contributed by atoms with Crippen LogP contribution in [0.15, 0.2) is 210 Å². The van der Waals surface area contributed by atoms with Crippen molar-refractivity contribution in [2.75, 3.05) is 5.73 Å². The second kappa shape index (κ2) is 12.3. The van der Waals surface area contributed by atoms with E-state index in [1.807, 2.05) is 11.8 Å². The first-order valence-electron chi connectivity index (χ1n) is 19.6. The molecule has 0 unspecified atom stereocenters. The molecule has 0 aromatic heterocycles. The van der Waals surface area contributed by atoms with Crippen LogP contribution in [0.4, 0.5) is 5.69 Å². The fourth-order valence-corrected chi connectivity index (χ4v) is 11.4. The van der Waals surface area contributed by atoms with Gasteiger partial charge in [0, 0.05) is 15.5 Å². The molecular formula is C55H35NS. The molecule has 0 amide bonds. The highest BCUT2D eigenvalue weighted by atomic mass is 32.2. The van der Waals surface area contributed by atoms with Gasteiger partial charge in [-0.2, -0.15) is 0 Å². The zero-order valence-corrected chi connectivity index (χ0v) is 31.9. The summed E-state index contributed by atoms with van der Waals surface area (Å²) < 4.78 is 0. The fourth-order valence-electron chi connectivity index (χ4n) is 10.2. The van der Waals surface area contributed by atoms with E-state index in [2.05, 4.69) is 200 Å². The Kier molecular flexibility index (Phi) is 7.00. The van der Waals surface area contributed by atoms with Gasteiger partial charge < -0.3 is 5.73 Å². The van der Waals surface area contributed by atoms with Gasteiger partial charge in [-0.1, -0.05) is 176 Å². The van der Waals surface area contributed by atoms with E-state index in [-0.39, 0.29) is 0 Å². The highest BCUT2D eigenvalue weighted by Gasteiger charge is 2.51. The van der Waals surface area contributed by atoms with E-state index in [1.54, 1.807) is 0 Å². The van der Waals surface area contributed by atoms with Crippen LogP contribution < -0.4 is 5.73 Å². The molecule has 0 fully saturated rings. The van der Waals surface area contributed by atoms with Crippen LogP contribution in [-0.4, -0.2) is 0 Å². The van der Waals surface area contributed by atoms with E-state index in [4.69, 9.17) is 5.73 Å². The van der Waals surface area contributed by atoms with Crippen LogP contribution in [-0.2, 0) is 5.41 Å². The molecule has 0 saturated carbocycles. The third-order valence-corrected chi connectivity index (χ3v) is 13.6. The predicted molar refractivity (Wildman–Crippen MR) is 241 cm³/mol. The molecule has 1 heterocycles. The first kappa shape index (κ1) is 32.4. The van der Waals surface area contributed by atoms with Gasteiger partial charge in [-0.25, -0.2) is 0 Å². The number of rotatable bonds is 3. The zero-order valence-electron chi connectivity index (χ0n) is 31.0. The van der Waals surface area contributed by atoms with Crippen molar-refractivity contribution in [3.8, 4) is 44.5 Å². The molecule has 10 aromatic rings. The van der Waals surface area contributed by atoms with Crippen LogP contribution in [0.3, 0.4) is 0 Å². The highest BCUT2D eigenvalue weighted by molar-refractivity contribution is 7.99. The quantitative estimate of drug-likeness (QED) is 0.144. The maximum atomic E-state index is 6.74. The monoisotopic (exact) mass is 741 g/mol. The Morgan fingerprint density at radius 2 is 0.877 bits per heavy atom. The van der Waals surface area contributed by atoms with E-state index in [1.165, 1.54) is 109 Å². The molecular weight excluding hydrogens is 707 g/mol. The summed E-state index contributed by atoms with van der Waals surface area (Å²) in [5, 5.41) is 7.44. The molecule has 1 aliphatic heterocycles. The lowest BCUT2D eigenvalue weighted by Gasteiger charge is -2.39. The van der Waals surface area contributed by atoms with E-state index in [0.29, 0.717) is 0 Å².